The van der Waals surface area contributed by atoms with Crippen LogP contribution in [0.15, 0.2) is 24.3 Å². The summed E-state index contributed by atoms with van der Waals surface area (Å²) in [5.74, 6) is -0.433. The van der Waals surface area contributed by atoms with Crippen molar-refractivity contribution in [2.75, 3.05) is 13.2 Å². The van der Waals surface area contributed by atoms with E-state index in [0.29, 0.717) is 10.6 Å². The van der Waals surface area contributed by atoms with Gasteiger partial charge in [-0.1, -0.05) is 11.6 Å². The minimum absolute atomic E-state index is 0.0485. The Kier molecular flexibility index (Phi) is 5.90. The van der Waals surface area contributed by atoms with E-state index in [-0.39, 0.29) is 13.2 Å². The van der Waals surface area contributed by atoms with Crippen LogP contribution in [0, 0.1) is 0 Å². The molecule has 6 heteroatoms. The highest BCUT2D eigenvalue weighted by atomic mass is 35.5. The molecule has 2 atom stereocenters. The molecular weight excluding hydrogens is 272 g/mol. The summed E-state index contributed by atoms with van der Waals surface area (Å²) >= 11 is 5.74. The third-order valence-corrected chi connectivity index (χ3v) is 2.78. The number of hydrogen-bond donors (Lipinski definition) is 2. The second-order valence-electron chi connectivity index (χ2n) is 4.52. The van der Waals surface area contributed by atoms with Crippen molar-refractivity contribution in [3.05, 3.63) is 34.9 Å². The van der Waals surface area contributed by atoms with Crippen molar-refractivity contribution in [3.63, 3.8) is 0 Å². The van der Waals surface area contributed by atoms with Crippen molar-refractivity contribution in [3.8, 4) is 0 Å². The van der Waals surface area contributed by atoms with Gasteiger partial charge in [0.2, 0.25) is 0 Å². The minimum Gasteiger partial charge on any atom is -0.391 e. The zero-order valence-electron chi connectivity index (χ0n) is 10.8. The number of Topliss-reactive ketones (excluding diaryl/α,β-unsaturated/α-hetero) is 1. The summed E-state index contributed by atoms with van der Waals surface area (Å²) in [7, 11) is 0. The molecule has 19 heavy (non-hydrogen) atoms. The topological polar surface area (TPSA) is 76.0 Å². The van der Waals surface area contributed by atoms with Crippen LogP contribution in [0.5, 0.6) is 0 Å². The van der Waals surface area contributed by atoms with Gasteiger partial charge < -0.3 is 9.84 Å². The zero-order valence-corrected chi connectivity index (χ0v) is 11.6. The molecule has 0 saturated carbocycles. The highest BCUT2D eigenvalue weighted by Gasteiger charge is 2.36. The number of hydrogen-bond acceptors (Lipinski definition) is 5. The van der Waals surface area contributed by atoms with E-state index in [1.807, 2.05) is 0 Å². The quantitative estimate of drug-likeness (QED) is 0.457. The Morgan fingerprint density at radius 1 is 1.42 bits per heavy atom. The average molecular weight is 289 g/mol. The first-order valence-electron chi connectivity index (χ1n) is 5.78. The van der Waals surface area contributed by atoms with Gasteiger partial charge in [-0.15, -0.1) is 0 Å². The average Bonchev–Trinajstić information content (AvgIpc) is 2.38. The molecule has 1 aromatic rings. The van der Waals surface area contributed by atoms with Crippen LogP contribution < -0.4 is 0 Å². The van der Waals surface area contributed by atoms with Crippen molar-refractivity contribution in [1.29, 1.82) is 0 Å². The lowest BCUT2D eigenvalue weighted by molar-refractivity contribution is -0.309. The van der Waals surface area contributed by atoms with Crippen LogP contribution in [-0.4, -0.2) is 41.1 Å². The van der Waals surface area contributed by atoms with E-state index >= 15 is 0 Å². The van der Waals surface area contributed by atoms with Crippen molar-refractivity contribution in [1.82, 2.24) is 0 Å². The maximum absolute atomic E-state index is 12.2. The summed E-state index contributed by atoms with van der Waals surface area (Å²) in [6.07, 6.45) is -0.659. The number of carbonyl (C=O) groups excluding carboxylic acids is 1. The van der Waals surface area contributed by atoms with E-state index in [1.165, 1.54) is 19.1 Å². The fourth-order valence-corrected chi connectivity index (χ4v) is 1.59. The third-order valence-electron chi connectivity index (χ3n) is 2.52. The summed E-state index contributed by atoms with van der Waals surface area (Å²) in [4.78, 5) is 16.5. The number of ketones is 1. The molecule has 5 nitrogen and oxygen atoms in total. The van der Waals surface area contributed by atoms with E-state index in [9.17, 15) is 4.79 Å². The molecule has 0 spiro atoms. The summed E-state index contributed by atoms with van der Waals surface area (Å²) in [6.45, 7) is 2.84. The second kappa shape index (κ2) is 6.98. The molecule has 0 fully saturated rings. The molecule has 0 bridgehead atoms. The molecule has 0 radical (unpaired) electrons. The van der Waals surface area contributed by atoms with Crippen LogP contribution in [-0.2, 0) is 9.62 Å². The van der Waals surface area contributed by atoms with Crippen LogP contribution in [0.1, 0.15) is 24.2 Å². The smallest absolute Gasteiger partial charge is 0.200 e. The summed E-state index contributed by atoms with van der Waals surface area (Å²) in [6, 6.07) is 6.22. The molecule has 1 aromatic carbocycles. The minimum atomic E-state index is -1.53. The van der Waals surface area contributed by atoms with Crippen molar-refractivity contribution in [2.45, 2.75) is 25.6 Å². The Morgan fingerprint density at radius 3 is 2.47 bits per heavy atom. The number of aliphatic hydroxyl groups is 1. The Bertz CT molecular complexity index is 418. The van der Waals surface area contributed by atoms with E-state index in [1.54, 1.807) is 19.1 Å². The molecular formula is C13H17ClO5. The number of benzene rings is 1. The van der Waals surface area contributed by atoms with E-state index in [0.717, 1.165) is 0 Å². The number of aliphatic hydroxyl groups excluding tert-OH is 1. The zero-order chi connectivity index (χ0) is 14.5. The standard InChI is InChI=1S/C13H17ClO5/c1-9(15)7-18-8-13(2,19-17)12(16)10-3-5-11(14)6-4-10/h3-6,9,15,17H,7-8H2,1-2H3. The number of rotatable bonds is 7. The van der Waals surface area contributed by atoms with E-state index in [2.05, 4.69) is 4.89 Å². The maximum atomic E-state index is 12.2. The molecule has 0 aliphatic heterocycles. The fourth-order valence-electron chi connectivity index (χ4n) is 1.46. The first kappa shape index (κ1) is 16.1. The van der Waals surface area contributed by atoms with Gasteiger partial charge in [-0.05, 0) is 38.1 Å². The predicted octanol–water partition coefficient (Wildman–Crippen LogP) is 2.17. The normalized spacial score (nSPS) is 15.8. The van der Waals surface area contributed by atoms with Crippen LogP contribution >= 0.6 is 11.6 Å². The van der Waals surface area contributed by atoms with Crippen LogP contribution in [0.25, 0.3) is 0 Å². The van der Waals surface area contributed by atoms with Gasteiger partial charge in [-0.25, -0.2) is 4.89 Å². The monoisotopic (exact) mass is 288 g/mol. The van der Waals surface area contributed by atoms with Crippen LogP contribution in [0.3, 0.4) is 0 Å². The van der Waals surface area contributed by atoms with Gasteiger partial charge in [0.1, 0.15) is 0 Å². The Hall–Kier alpha value is -0.980. The molecule has 2 unspecified atom stereocenters. The highest BCUT2D eigenvalue weighted by molar-refractivity contribution is 6.30. The largest absolute Gasteiger partial charge is 0.391 e. The Balaban J connectivity index is 2.76. The fraction of sp³-hybridized carbons (Fsp3) is 0.462. The van der Waals surface area contributed by atoms with Gasteiger partial charge in [0, 0.05) is 10.6 Å². The summed E-state index contributed by atoms with van der Waals surface area (Å²) < 4.78 is 5.14. The number of ether oxygens (including phenoxy) is 1. The van der Waals surface area contributed by atoms with Gasteiger partial charge in [-0.2, -0.15) is 0 Å². The summed E-state index contributed by atoms with van der Waals surface area (Å²) in [5.41, 5.74) is -1.18. The lowest BCUT2D eigenvalue weighted by Gasteiger charge is -2.24. The number of carbonyl (C=O) groups is 1. The lowest BCUT2D eigenvalue weighted by Crippen LogP contribution is -2.43. The van der Waals surface area contributed by atoms with Gasteiger partial charge in [0.05, 0.1) is 19.3 Å². The van der Waals surface area contributed by atoms with Gasteiger partial charge in [0.15, 0.2) is 11.4 Å². The molecule has 0 amide bonds. The van der Waals surface area contributed by atoms with Crippen molar-refractivity contribution in [2.24, 2.45) is 0 Å². The van der Waals surface area contributed by atoms with E-state index in [4.69, 9.17) is 26.7 Å². The predicted molar refractivity (Wildman–Crippen MR) is 70.4 cm³/mol. The first-order valence-corrected chi connectivity index (χ1v) is 6.15. The SMILES string of the molecule is CC(O)COCC(C)(OO)C(=O)c1ccc(Cl)cc1. The van der Waals surface area contributed by atoms with Crippen LogP contribution in [0.4, 0.5) is 0 Å². The number of halogens is 1. The summed E-state index contributed by atoms with van der Waals surface area (Å²) in [5, 5.41) is 18.5. The molecule has 2 N–H and O–H groups in total. The third kappa shape index (κ3) is 4.56. The highest BCUT2D eigenvalue weighted by Crippen LogP contribution is 2.19. The second-order valence-corrected chi connectivity index (χ2v) is 4.96. The van der Waals surface area contributed by atoms with Crippen LogP contribution in [0.2, 0.25) is 5.02 Å². The molecule has 0 heterocycles. The Morgan fingerprint density at radius 2 is 2.00 bits per heavy atom. The Labute approximate surface area is 116 Å². The molecule has 0 aliphatic rings. The molecule has 1 rings (SSSR count). The van der Waals surface area contributed by atoms with Crippen molar-refractivity contribution < 1.29 is 24.8 Å². The molecule has 0 saturated heterocycles. The first-order chi connectivity index (χ1) is 8.89. The van der Waals surface area contributed by atoms with Gasteiger partial charge >= 0.3 is 0 Å². The lowest BCUT2D eigenvalue weighted by atomic mass is 9.95. The van der Waals surface area contributed by atoms with Crippen molar-refractivity contribution >= 4 is 17.4 Å². The van der Waals surface area contributed by atoms with Gasteiger partial charge in [0.25, 0.3) is 0 Å². The molecule has 0 aliphatic carbocycles. The van der Waals surface area contributed by atoms with Gasteiger partial charge in [-0.3, -0.25) is 10.1 Å². The molecule has 0 aromatic heterocycles. The van der Waals surface area contributed by atoms with E-state index < -0.39 is 17.5 Å². The molecule has 106 valence electrons. The maximum Gasteiger partial charge on any atom is 0.200 e.